The Hall–Kier alpha value is -0.320. The number of piperazine rings is 1. The minimum Gasteiger partial charge on any atom is -0.314 e. The smallest absolute Gasteiger partial charge is 0.0234 e. The van der Waals surface area contributed by atoms with Crippen molar-refractivity contribution in [1.82, 2.24) is 15.1 Å². The molecule has 1 aliphatic heterocycles. The Kier molecular flexibility index (Phi) is 11.2. The van der Waals surface area contributed by atoms with Gasteiger partial charge in [-0.1, -0.05) is 37.3 Å². The maximum absolute atomic E-state index is 3.40. The molecule has 2 rings (SSSR count). The Bertz CT molecular complexity index is 329. The van der Waals surface area contributed by atoms with Gasteiger partial charge in [0.15, 0.2) is 0 Å². The van der Waals surface area contributed by atoms with Gasteiger partial charge in [-0.05, 0) is 12.1 Å². The number of benzene rings is 1. The Morgan fingerprint density at radius 1 is 1.10 bits per heavy atom. The molecule has 0 spiro atoms. The minimum absolute atomic E-state index is 0. The van der Waals surface area contributed by atoms with E-state index in [4.69, 9.17) is 0 Å². The van der Waals surface area contributed by atoms with E-state index in [2.05, 4.69) is 52.4 Å². The third-order valence-corrected chi connectivity index (χ3v) is 3.64. The summed E-state index contributed by atoms with van der Waals surface area (Å²) < 4.78 is 0. The summed E-state index contributed by atoms with van der Waals surface area (Å²) in [7, 11) is 0. The third kappa shape index (κ3) is 6.91. The van der Waals surface area contributed by atoms with Crippen molar-refractivity contribution in [3.63, 3.8) is 0 Å². The molecule has 3 nitrogen and oxygen atoms in total. The molecule has 5 heteroatoms. The first-order chi connectivity index (χ1) is 8.88. The van der Waals surface area contributed by atoms with Gasteiger partial charge in [0.2, 0.25) is 0 Å². The Labute approximate surface area is 135 Å². The average Bonchev–Trinajstić information content (AvgIpc) is 2.45. The molecule has 116 valence electrons. The van der Waals surface area contributed by atoms with Crippen molar-refractivity contribution < 1.29 is 0 Å². The lowest BCUT2D eigenvalue weighted by Gasteiger charge is -2.30. The van der Waals surface area contributed by atoms with Gasteiger partial charge >= 0.3 is 0 Å². The van der Waals surface area contributed by atoms with Crippen LogP contribution in [0.4, 0.5) is 0 Å². The number of nitrogens with zero attached hydrogens (tertiary/aromatic N) is 2. The molecule has 0 unspecified atom stereocenters. The van der Waals surface area contributed by atoms with Gasteiger partial charge in [-0.15, -0.1) is 24.8 Å². The first kappa shape index (κ1) is 19.7. The van der Waals surface area contributed by atoms with Gasteiger partial charge in [0.25, 0.3) is 0 Å². The van der Waals surface area contributed by atoms with Gasteiger partial charge in [0, 0.05) is 45.8 Å². The van der Waals surface area contributed by atoms with Crippen molar-refractivity contribution in [1.29, 1.82) is 0 Å². The molecule has 0 amide bonds. The van der Waals surface area contributed by atoms with Crippen molar-refractivity contribution >= 4 is 24.8 Å². The van der Waals surface area contributed by atoms with Crippen LogP contribution >= 0.6 is 24.8 Å². The molecular weight excluding hydrogens is 293 g/mol. The van der Waals surface area contributed by atoms with Crippen LogP contribution < -0.4 is 5.32 Å². The van der Waals surface area contributed by atoms with Crippen LogP contribution in [0.1, 0.15) is 12.5 Å². The molecule has 1 N–H and O–H groups in total. The van der Waals surface area contributed by atoms with E-state index in [0.29, 0.717) is 0 Å². The number of halogens is 2. The van der Waals surface area contributed by atoms with E-state index in [1.165, 1.54) is 31.7 Å². The first-order valence-corrected chi connectivity index (χ1v) is 7.08. The van der Waals surface area contributed by atoms with Gasteiger partial charge in [-0.2, -0.15) is 0 Å². The highest BCUT2D eigenvalue weighted by molar-refractivity contribution is 5.85. The molecule has 0 bridgehead atoms. The Morgan fingerprint density at radius 3 is 2.35 bits per heavy atom. The van der Waals surface area contributed by atoms with Crippen molar-refractivity contribution in [2.45, 2.75) is 13.5 Å². The summed E-state index contributed by atoms with van der Waals surface area (Å²) in [6.07, 6.45) is 0. The molecule has 0 aliphatic carbocycles. The molecule has 0 saturated carbocycles. The maximum atomic E-state index is 3.40. The number of nitrogens with one attached hydrogen (secondary N) is 1. The van der Waals surface area contributed by atoms with E-state index in [0.717, 1.165) is 26.2 Å². The van der Waals surface area contributed by atoms with Crippen LogP contribution in [-0.4, -0.2) is 55.6 Å². The highest BCUT2D eigenvalue weighted by Gasteiger charge is 2.11. The van der Waals surface area contributed by atoms with Gasteiger partial charge < -0.3 is 5.32 Å². The predicted octanol–water partition coefficient (Wildman–Crippen LogP) is 2.26. The molecule has 1 aliphatic rings. The summed E-state index contributed by atoms with van der Waals surface area (Å²) in [5.74, 6) is 0. The molecule has 20 heavy (non-hydrogen) atoms. The second kappa shape index (κ2) is 11.4. The highest BCUT2D eigenvalue weighted by Crippen LogP contribution is 2.04. The van der Waals surface area contributed by atoms with Crippen LogP contribution in [-0.2, 0) is 6.54 Å². The zero-order chi connectivity index (χ0) is 12.6. The Balaban J connectivity index is 0.00000180. The molecule has 0 atom stereocenters. The Morgan fingerprint density at radius 2 is 1.75 bits per heavy atom. The average molecular weight is 320 g/mol. The van der Waals surface area contributed by atoms with Crippen molar-refractivity contribution in [3.05, 3.63) is 35.9 Å². The third-order valence-electron chi connectivity index (χ3n) is 3.64. The summed E-state index contributed by atoms with van der Waals surface area (Å²) in [5, 5.41) is 3.40. The molecule has 1 aromatic carbocycles. The van der Waals surface area contributed by atoms with Crippen LogP contribution in [0.5, 0.6) is 0 Å². The predicted molar refractivity (Wildman–Crippen MR) is 91.2 cm³/mol. The number of hydrogen-bond donors (Lipinski definition) is 1. The maximum Gasteiger partial charge on any atom is 0.0234 e. The topological polar surface area (TPSA) is 18.5 Å². The van der Waals surface area contributed by atoms with E-state index in [9.17, 15) is 0 Å². The molecule has 1 aromatic rings. The highest BCUT2D eigenvalue weighted by atomic mass is 35.5. The van der Waals surface area contributed by atoms with E-state index < -0.39 is 0 Å². The summed E-state index contributed by atoms with van der Waals surface area (Å²) in [4.78, 5) is 5.08. The summed E-state index contributed by atoms with van der Waals surface area (Å²) in [5.41, 5.74) is 1.42. The van der Waals surface area contributed by atoms with Gasteiger partial charge in [0.05, 0.1) is 0 Å². The zero-order valence-corrected chi connectivity index (χ0v) is 13.9. The number of likely N-dealkylation sites (N-methyl/N-ethyl adjacent to an activating group) is 1. The van der Waals surface area contributed by atoms with E-state index in [1.54, 1.807) is 0 Å². The van der Waals surface area contributed by atoms with Crippen molar-refractivity contribution in [2.24, 2.45) is 0 Å². The number of hydrogen-bond acceptors (Lipinski definition) is 3. The van der Waals surface area contributed by atoms with Gasteiger partial charge in [0.1, 0.15) is 0 Å². The van der Waals surface area contributed by atoms with Crippen molar-refractivity contribution in [2.75, 3.05) is 45.8 Å². The van der Waals surface area contributed by atoms with Crippen LogP contribution in [0.3, 0.4) is 0 Å². The largest absolute Gasteiger partial charge is 0.314 e. The van der Waals surface area contributed by atoms with E-state index in [1.807, 2.05) is 0 Å². The first-order valence-electron chi connectivity index (χ1n) is 7.08. The lowest BCUT2D eigenvalue weighted by atomic mass is 10.2. The molecule has 1 saturated heterocycles. The molecule has 1 heterocycles. The van der Waals surface area contributed by atoms with Crippen LogP contribution in [0.25, 0.3) is 0 Å². The monoisotopic (exact) mass is 319 g/mol. The number of rotatable bonds is 6. The fraction of sp³-hybridized carbons (Fsp3) is 0.600. The summed E-state index contributed by atoms with van der Waals surface area (Å²) >= 11 is 0. The molecule has 0 aromatic heterocycles. The summed E-state index contributed by atoms with van der Waals surface area (Å²) in [6, 6.07) is 10.8. The zero-order valence-electron chi connectivity index (χ0n) is 12.3. The standard InChI is InChI=1S/C15H25N3.2ClH/c1-2-17(14-15-6-4-3-5-7-15)12-13-18-10-8-16-9-11-18;;/h3-7,16H,2,8-14H2,1H3;2*1H. The SMILES string of the molecule is CCN(CCN1CCNCC1)Cc1ccccc1.Cl.Cl. The fourth-order valence-electron chi connectivity index (χ4n) is 2.41. The normalized spacial score (nSPS) is 15.5. The van der Waals surface area contributed by atoms with Crippen molar-refractivity contribution in [3.8, 4) is 0 Å². The quantitative estimate of drug-likeness (QED) is 0.867. The van der Waals surface area contributed by atoms with E-state index >= 15 is 0 Å². The lowest BCUT2D eigenvalue weighted by molar-refractivity contribution is 0.189. The van der Waals surface area contributed by atoms with Crippen LogP contribution in [0.2, 0.25) is 0 Å². The molecule has 1 fully saturated rings. The summed E-state index contributed by atoms with van der Waals surface area (Å²) in [6.45, 7) is 11.5. The molecule has 0 radical (unpaired) electrons. The van der Waals surface area contributed by atoms with Gasteiger partial charge in [-0.3, -0.25) is 9.80 Å². The van der Waals surface area contributed by atoms with Crippen LogP contribution in [0.15, 0.2) is 30.3 Å². The lowest BCUT2D eigenvalue weighted by Crippen LogP contribution is -2.46. The molecular formula is C15H27Cl2N3. The second-order valence-corrected chi connectivity index (χ2v) is 4.95. The van der Waals surface area contributed by atoms with Gasteiger partial charge in [-0.25, -0.2) is 0 Å². The minimum atomic E-state index is 0. The van der Waals surface area contributed by atoms with E-state index in [-0.39, 0.29) is 24.8 Å². The second-order valence-electron chi connectivity index (χ2n) is 4.95. The fourth-order valence-corrected chi connectivity index (χ4v) is 2.41. The van der Waals surface area contributed by atoms with Crippen LogP contribution in [0, 0.1) is 0 Å².